The summed E-state index contributed by atoms with van der Waals surface area (Å²) >= 11 is 7.13. The van der Waals surface area contributed by atoms with Crippen molar-refractivity contribution in [1.82, 2.24) is 0 Å². The van der Waals surface area contributed by atoms with Gasteiger partial charge in [0.25, 0.3) is 11.6 Å². The number of aliphatic imine (C=N–C) groups is 1. The van der Waals surface area contributed by atoms with Gasteiger partial charge in [0.2, 0.25) is 0 Å². The number of hydrogen-bond donors (Lipinski definition) is 0. The Bertz CT molecular complexity index is 777. The molecule has 112 valence electrons. The Balaban J connectivity index is 2.51. The molecule has 0 aromatic heterocycles. The molecule has 0 radical (unpaired) electrons. The summed E-state index contributed by atoms with van der Waals surface area (Å²) in [6.07, 6.45) is 0. The number of amides is 1. The number of hydrogen-bond acceptors (Lipinski definition) is 4. The van der Waals surface area contributed by atoms with E-state index in [0.717, 1.165) is 4.90 Å². The van der Waals surface area contributed by atoms with Crippen LogP contribution in [0.2, 0.25) is 5.02 Å². The molecular formula is C15H11ClN2O3S. The second kappa shape index (κ2) is 6.72. The normalized spacial score (nSPS) is 10.3. The first-order valence-electron chi connectivity index (χ1n) is 6.16. The number of rotatable bonds is 4. The van der Waals surface area contributed by atoms with E-state index in [1.165, 1.54) is 17.8 Å². The van der Waals surface area contributed by atoms with Crippen molar-refractivity contribution in [3.8, 4) is 0 Å². The molecule has 5 nitrogen and oxygen atoms in total. The van der Waals surface area contributed by atoms with Gasteiger partial charge < -0.3 is 0 Å². The van der Waals surface area contributed by atoms with Crippen LogP contribution in [0.25, 0.3) is 0 Å². The Morgan fingerprint density at radius 2 is 2.09 bits per heavy atom. The van der Waals surface area contributed by atoms with Gasteiger partial charge in [0.15, 0.2) is 0 Å². The van der Waals surface area contributed by atoms with Gasteiger partial charge in [-0.15, -0.1) is 0 Å². The van der Waals surface area contributed by atoms with Crippen molar-refractivity contribution in [2.45, 2.75) is 16.7 Å². The monoisotopic (exact) mass is 334 g/mol. The Kier molecular flexibility index (Phi) is 4.95. The van der Waals surface area contributed by atoms with Crippen LogP contribution in [-0.4, -0.2) is 17.5 Å². The summed E-state index contributed by atoms with van der Waals surface area (Å²) in [6.45, 7) is 4.86. The number of nitro groups is 1. The lowest BCUT2D eigenvalue weighted by atomic mass is 10.1. The Hall–Kier alpha value is -2.18. The number of carbonyl (C=O) groups excluding carboxylic acids is 1. The largest absolute Gasteiger partial charge is 0.284 e. The SMILES string of the molecule is C=NC(=O)c1cc([N+](=O)[O-])c(Sc2cccc(Cl)c2)cc1C. The second-order valence-corrected chi connectivity index (χ2v) is 5.97. The maximum absolute atomic E-state index is 11.6. The molecular weight excluding hydrogens is 324 g/mol. The van der Waals surface area contributed by atoms with Crippen molar-refractivity contribution in [3.05, 3.63) is 62.7 Å². The summed E-state index contributed by atoms with van der Waals surface area (Å²) in [5, 5.41) is 11.8. The quantitative estimate of drug-likeness (QED) is 0.467. The number of nitro benzene ring substituents is 1. The highest BCUT2D eigenvalue weighted by molar-refractivity contribution is 7.99. The molecule has 0 saturated carbocycles. The molecule has 0 N–H and O–H groups in total. The third kappa shape index (κ3) is 3.52. The van der Waals surface area contributed by atoms with Crippen LogP contribution in [0.3, 0.4) is 0 Å². The standard InChI is InChI=1S/C15H11ClN2O3S/c1-9-6-14(22-11-5-3-4-10(16)7-11)13(18(20)21)8-12(9)15(19)17-2/h3-8H,2H2,1H3. The zero-order chi connectivity index (χ0) is 16.3. The summed E-state index contributed by atoms with van der Waals surface area (Å²) in [6, 6.07) is 9.85. The second-order valence-electron chi connectivity index (χ2n) is 4.41. The fraction of sp³-hybridized carbons (Fsp3) is 0.0667. The fourth-order valence-corrected chi connectivity index (χ4v) is 3.18. The van der Waals surface area contributed by atoms with Crippen LogP contribution in [0.4, 0.5) is 5.69 Å². The third-order valence-electron chi connectivity index (χ3n) is 2.90. The minimum atomic E-state index is -0.583. The van der Waals surface area contributed by atoms with Gasteiger partial charge in [-0.05, 0) is 43.5 Å². The summed E-state index contributed by atoms with van der Waals surface area (Å²) in [5.74, 6) is -0.583. The van der Waals surface area contributed by atoms with Crippen LogP contribution in [-0.2, 0) is 0 Å². The maximum atomic E-state index is 11.6. The molecule has 1 amide bonds. The number of aryl methyl sites for hydroxylation is 1. The van der Waals surface area contributed by atoms with Crippen LogP contribution in [0.5, 0.6) is 0 Å². The molecule has 0 saturated heterocycles. The van der Waals surface area contributed by atoms with E-state index in [-0.39, 0.29) is 11.3 Å². The smallest absolute Gasteiger partial charge is 0.267 e. The van der Waals surface area contributed by atoms with Crippen molar-refractivity contribution in [2.24, 2.45) is 4.99 Å². The zero-order valence-electron chi connectivity index (χ0n) is 11.6. The first kappa shape index (κ1) is 16.2. The van der Waals surface area contributed by atoms with E-state index in [4.69, 9.17) is 11.6 Å². The van der Waals surface area contributed by atoms with Crippen molar-refractivity contribution < 1.29 is 9.72 Å². The molecule has 0 unspecified atom stereocenters. The highest BCUT2D eigenvalue weighted by Gasteiger charge is 2.20. The minimum absolute atomic E-state index is 0.150. The van der Waals surface area contributed by atoms with Gasteiger partial charge in [0.05, 0.1) is 15.4 Å². The lowest BCUT2D eigenvalue weighted by Gasteiger charge is -2.07. The highest BCUT2D eigenvalue weighted by Crippen LogP contribution is 2.37. The molecule has 22 heavy (non-hydrogen) atoms. The van der Waals surface area contributed by atoms with E-state index < -0.39 is 10.8 Å². The van der Waals surface area contributed by atoms with Crippen molar-refractivity contribution >= 4 is 41.7 Å². The van der Waals surface area contributed by atoms with Crippen LogP contribution < -0.4 is 0 Å². The number of halogens is 1. The average Bonchev–Trinajstić information content (AvgIpc) is 2.46. The number of carbonyl (C=O) groups is 1. The van der Waals surface area contributed by atoms with Gasteiger partial charge in [-0.1, -0.05) is 29.4 Å². The lowest BCUT2D eigenvalue weighted by molar-refractivity contribution is -0.387. The molecule has 0 heterocycles. The van der Waals surface area contributed by atoms with E-state index >= 15 is 0 Å². The Labute approximate surface area is 136 Å². The highest BCUT2D eigenvalue weighted by atomic mass is 35.5. The first-order chi connectivity index (χ1) is 10.4. The topological polar surface area (TPSA) is 72.6 Å². The molecule has 0 atom stereocenters. The van der Waals surface area contributed by atoms with E-state index in [9.17, 15) is 14.9 Å². The van der Waals surface area contributed by atoms with E-state index in [1.54, 1.807) is 37.3 Å². The summed E-state index contributed by atoms with van der Waals surface area (Å²) in [5.41, 5.74) is 0.632. The predicted octanol–water partition coefficient (Wildman–Crippen LogP) is 4.55. The van der Waals surface area contributed by atoms with E-state index in [1.807, 2.05) is 0 Å². The average molecular weight is 335 g/mol. The van der Waals surface area contributed by atoms with Gasteiger partial charge >= 0.3 is 0 Å². The molecule has 2 aromatic rings. The van der Waals surface area contributed by atoms with Crippen LogP contribution >= 0.6 is 23.4 Å². The molecule has 0 aliphatic rings. The third-order valence-corrected chi connectivity index (χ3v) is 4.17. The van der Waals surface area contributed by atoms with Crippen LogP contribution in [0, 0.1) is 17.0 Å². The number of nitrogens with zero attached hydrogens (tertiary/aromatic N) is 2. The van der Waals surface area contributed by atoms with Crippen molar-refractivity contribution in [3.63, 3.8) is 0 Å². The summed E-state index contributed by atoms with van der Waals surface area (Å²) < 4.78 is 0. The maximum Gasteiger partial charge on any atom is 0.284 e. The van der Waals surface area contributed by atoms with Gasteiger partial charge in [-0.3, -0.25) is 14.9 Å². The fourth-order valence-electron chi connectivity index (χ4n) is 1.87. The summed E-state index contributed by atoms with van der Waals surface area (Å²) in [7, 11) is 0. The molecule has 7 heteroatoms. The van der Waals surface area contributed by atoms with Gasteiger partial charge in [-0.2, -0.15) is 0 Å². The molecule has 2 rings (SSSR count). The molecule has 0 bridgehead atoms. The molecule has 2 aromatic carbocycles. The minimum Gasteiger partial charge on any atom is -0.267 e. The zero-order valence-corrected chi connectivity index (χ0v) is 13.1. The van der Waals surface area contributed by atoms with Gasteiger partial charge in [0.1, 0.15) is 0 Å². The molecule has 0 aliphatic heterocycles. The van der Waals surface area contributed by atoms with E-state index in [0.29, 0.717) is 15.5 Å². The molecule has 0 aliphatic carbocycles. The Morgan fingerprint density at radius 1 is 1.36 bits per heavy atom. The van der Waals surface area contributed by atoms with Crippen LogP contribution in [0.1, 0.15) is 15.9 Å². The Morgan fingerprint density at radius 3 is 2.68 bits per heavy atom. The van der Waals surface area contributed by atoms with Crippen molar-refractivity contribution in [1.29, 1.82) is 0 Å². The molecule has 0 fully saturated rings. The first-order valence-corrected chi connectivity index (χ1v) is 7.35. The molecule has 0 spiro atoms. The van der Waals surface area contributed by atoms with Gasteiger partial charge in [0, 0.05) is 16.0 Å². The van der Waals surface area contributed by atoms with Crippen molar-refractivity contribution in [2.75, 3.05) is 0 Å². The van der Waals surface area contributed by atoms with Crippen LogP contribution in [0.15, 0.2) is 51.2 Å². The lowest BCUT2D eigenvalue weighted by Crippen LogP contribution is -2.01. The van der Waals surface area contributed by atoms with E-state index in [2.05, 4.69) is 11.7 Å². The number of benzene rings is 2. The van der Waals surface area contributed by atoms with Gasteiger partial charge in [-0.25, -0.2) is 4.99 Å². The predicted molar refractivity (Wildman–Crippen MR) is 87.3 cm³/mol. The summed E-state index contributed by atoms with van der Waals surface area (Å²) in [4.78, 5) is 26.9.